The number of hydrogen-bond acceptors (Lipinski definition) is 8. The van der Waals surface area contributed by atoms with Crippen molar-refractivity contribution in [1.29, 1.82) is 0 Å². The van der Waals surface area contributed by atoms with Gasteiger partial charge in [-0.1, -0.05) is 48.0 Å². The van der Waals surface area contributed by atoms with Gasteiger partial charge in [-0.25, -0.2) is 9.78 Å². The van der Waals surface area contributed by atoms with Crippen LogP contribution in [0.3, 0.4) is 0 Å². The number of nitro benzene ring substituents is 1. The molecule has 1 aromatic heterocycles. The van der Waals surface area contributed by atoms with Crippen molar-refractivity contribution in [3.05, 3.63) is 109 Å². The van der Waals surface area contributed by atoms with Crippen molar-refractivity contribution in [2.24, 2.45) is 11.8 Å². The van der Waals surface area contributed by atoms with Gasteiger partial charge in [0.15, 0.2) is 6.61 Å². The third-order valence-electron chi connectivity index (χ3n) is 8.43. The van der Waals surface area contributed by atoms with Crippen LogP contribution in [-0.4, -0.2) is 40.1 Å². The lowest BCUT2D eigenvalue weighted by Crippen LogP contribution is -2.30. The predicted molar refractivity (Wildman–Crippen MR) is 175 cm³/mol. The Bertz CT molecular complexity index is 2000. The van der Waals surface area contributed by atoms with Crippen LogP contribution < -0.4 is 4.90 Å². The second-order valence-electron chi connectivity index (χ2n) is 11.2. The second kappa shape index (κ2) is 12.2. The van der Waals surface area contributed by atoms with Gasteiger partial charge in [-0.2, -0.15) is 0 Å². The van der Waals surface area contributed by atoms with E-state index in [9.17, 15) is 29.3 Å². The Kier molecular flexibility index (Phi) is 8.30. The number of ketones is 1. The molecule has 0 saturated carbocycles. The van der Waals surface area contributed by atoms with Gasteiger partial charge in [0, 0.05) is 32.6 Å². The van der Waals surface area contributed by atoms with Gasteiger partial charge in [0.25, 0.3) is 5.69 Å². The number of fused-ring (bicyclic) bond motifs is 2. The molecule has 2 atom stereocenters. The molecular formula is C34H25BrClN3O7. The number of hydrogen-bond donors (Lipinski definition) is 0. The number of aromatic nitrogens is 1. The number of nitrogens with zero attached hydrogens (tertiary/aromatic N) is 3. The van der Waals surface area contributed by atoms with E-state index in [0.717, 1.165) is 6.07 Å². The Balaban J connectivity index is 1.32. The number of halogens is 2. The van der Waals surface area contributed by atoms with Crippen LogP contribution in [0.5, 0.6) is 0 Å². The van der Waals surface area contributed by atoms with E-state index in [1.165, 1.54) is 23.1 Å². The third kappa shape index (κ3) is 5.50. The van der Waals surface area contributed by atoms with E-state index in [-0.39, 0.29) is 40.5 Å². The van der Waals surface area contributed by atoms with E-state index in [1.807, 2.05) is 12.2 Å². The quantitative estimate of drug-likeness (QED) is 0.0487. The van der Waals surface area contributed by atoms with Gasteiger partial charge in [-0.05, 0) is 72.4 Å². The SMILES string of the molecule is Cc1ccc(C(=O)COC(=O)c2cc(-c3ccc(N4C(=O)C5CC=CCC5C4=O)cc3)nc3c(C)c(Cl)c(Br)cc23)cc1[N+](=O)[O-]. The van der Waals surface area contributed by atoms with Gasteiger partial charge in [-0.15, -0.1) is 0 Å². The number of amides is 2. The van der Waals surface area contributed by atoms with Crippen LogP contribution in [0.4, 0.5) is 11.4 Å². The standard InChI is InChI=1S/C34H25BrClN3O7/c1-17-7-8-20(13-28(17)39(44)45)29(40)16-46-34(43)25-15-27(37-31-18(2)30(36)26(35)14-24(25)31)19-9-11-21(12-10-19)38-32(41)22-5-3-4-6-23(22)33(38)42/h3-4,7-15,22-23H,5-6,16H2,1-2H3. The number of esters is 1. The summed E-state index contributed by atoms with van der Waals surface area (Å²) in [6.45, 7) is 2.68. The van der Waals surface area contributed by atoms with Crippen molar-refractivity contribution in [1.82, 2.24) is 4.98 Å². The van der Waals surface area contributed by atoms with E-state index < -0.39 is 23.3 Å². The summed E-state index contributed by atoms with van der Waals surface area (Å²) in [5, 5.41) is 12.2. The molecule has 46 heavy (non-hydrogen) atoms. The third-order valence-corrected chi connectivity index (χ3v) is 9.78. The molecule has 0 radical (unpaired) electrons. The molecular weight excluding hydrogens is 678 g/mol. The Morgan fingerprint density at radius 2 is 1.67 bits per heavy atom. The first-order valence-corrected chi connectivity index (χ1v) is 15.5. The minimum Gasteiger partial charge on any atom is -0.454 e. The highest BCUT2D eigenvalue weighted by Gasteiger charge is 2.47. The molecule has 2 unspecified atom stereocenters. The highest BCUT2D eigenvalue weighted by atomic mass is 79.9. The number of allylic oxidation sites excluding steroid dienone is 2. The van der Waals surface area contributed by atoms with Crippen LogP contribution in [-0.2, 0) is 14.3 Å². The first kappa shape index (κ1) is 31.3. The number of nitro groups is 1. The zero-order chi connectivity index (χ0) is 32.9. The zero-order valence-electron chi connectivity index (χ0n) is 24.6. The normalized spacial score (nSPS) is 17.3. The van der Waals surface area contributed by atoms with Crippen LogP contribution in [0.2, 0.25) is 5.02 Å². The highest BCUT2D eigenvalue weighted by molar-refractivity contribution is 9.10. The maximum atomic E-state index is 13.5. The number of imide groups is 1. The van der Waals surface area contributed by atoms with Crippen LogP contribution >= 0.6 is 27.5 Å². The van der Waals surface area contributed by atoms with Crippen LogP contribution in [0.15, 0.2) is 71.2 Å². The Hall–Kier alpha value is -4.74. The molecule has 2 amide bonds. The summed E-state index contributed by atoms with van der Waals surface area (Å²) >= 11 is 9.93. The molecule has 4 aromatic rings. The van der Waals surface area contributed by atoms with Crippen LogP contribution in [0.25, 0.3) is 22.2 Å². The van der Waals surface area contributed by atoms with Crippen LogP contribution in [0, 0.1) is 35.8 Å². The molecule has 1 aliphatic carbocycles. The lowest BCUT2D eigenvalue weighted by molar-refractivity contribution is -0.385. The van der Waals surface area contributed by atoms with E-state index in [0.29, 0.717) is 61.3 Å². The molecule has 0 N–H and O–H groups in total. The van der Waals surface area contributed by atoms with Crippen molar-refractivity contribution in [2.45, 2.75) is 26.7 Å². The minimum atomic E-state index is -0.807. The number of ether oxygens (including phenoxy) is 1. The largest absolute Gasteiger partial charge is 0.454 e. The molecule has 6 rings (SSSR count). The number of carbonyl (C=O) groups excluding carboxylic acids is 4. The van der Waals surface area contributed by atoms with Gasteiger partial charge in [0.05, 0.1) is 44.2 Å². The number of pyridine rings is 1. The fourth-order valence-electron chi connectivity index (χ4n) is 5.88. The molecule has 232 valence electrons. The number of Topliss-reactive ketones (excluding diaryl/α,β-unsaturated/α-hetero) is 1. The highest BCUT2D eigenvalue weighted by Crippen LogP contribution is 2.39. The summed E-state index contributed by atoms with van der Waals surface area (Å²) in [4.78, 5) is 69.2. The summed E-state index contributed by atoms with van der Waals surface area (Å²) in [5.41, 5.74) is 2.83. The fraction of sp³-hybridized carbons (Fsp3) is 0.206. The molecule has 1 saturated heterocycles. The van der Waals surface area contributed by atoms with Gasteiger partial charge in [-0.3, -0.25) is 29.4 Å². The number of benzene rings is 3. The van der Waals surface area contributed by atoms with E-state index in [1.54, 1.807) is 44.2 Å². The maximum Gasteiger partial charge on any atom is 0.339 e. The van der Waals surface area contributed by atoms with Crippen molar-refractivity contribution in [2.75, 3.05) is 11.5 Å². The minimum absolute atomic E-state index is 0.0429. The van der Waals surface area contributed by atoms with Gasteiger partial charge >= 0.3 is 5.97 Å². The number of carbonyl (C=O) groups is 4. The van der Waals surface area contributed by atoms with Gasteiger partial charge < -0.3 is 4.74 Å². The lowest BCUT2D eigenvalue weighted by atomic mass is 9.85. The number of rotatable bonds is 7. The number of anilines is 1. The molecule has 10 nitrogen and oxygen atoms in total. The molecule has 0 bridgehead atoms. The van der Waals surface area contributed by atoms with Crippen molar-refractivity contribution in [3.8, 4) is 11.3 Å². The molecule has 2 aliphatic rings. The number of aryl methyl sites for hydroxylation is 2. The topological polar surface area (TPSA) is 137 Å². The smallest absolute Gasteiger partial charge is 0.339 e. The van der Waals surface area contributed by atoms with Crippen LogP contribution in [0.1, 0.15) is 44.7 Å². The van der Waals surface area contributed by atoms with Gasteiger partial charge in [0.2, 0.25) is 17.6 Å². The molecule has 12 heteroatoms. The summed E-state index contributed by atoms with van der Waals surface area (Å²) < 4.78 is 5.95. The molecule has 1 fully saturated rings. The molecule has 2 heterocycles. The average molecular weight is 703 g/mol. The second-order valence-corrected chi connectivity index (χ2v) is 12.5. The summed E-state index contributed by atoms with van der Waals surface area (Å²) in [6, 6.07) is 14.0. The van der Waals surface area contributed by atoms with Crippen molar-refractivity contribution in [3.63, 3.8) is 0 Å². The van der Waals surface area contributed by atoms with E-state index in [4.69, 9.17) is 21.3 Å². The first-order valence-electron chi connectivity index (χ1n) is 14.3. The summed E-state index contributed by atoms with van der Waals surface area (Å²) in [5.74, 6) is -2.55. The Labute approximate surface area is 276 Å². The zero-order valence-corrected chi connectivity index (χ0v) is 26.9. The molecule has 0 spiro atoms. The lowest BCUT2D eigenvalue weighted by Gasteiger charge is -2.16. The predicted octanol–water partition coefficient (Wildman–Crippen LogP) is 7.34. The van der Waals surface area contributed by atoms with Gasteiger partial charge in [0.1, 0.15) is 0 Å². The summed E-state index contributed by atoms with van der Waals surface area (Å²) in [6.07, 6.45) is 4.95. The monoisotopic (exact) mass is 701 g/mol. The Morgan fingerprint density at radius 3 is 2.30 bits per heavy atom. The van der Waals surface area contributed by atoms with Crippen molar-refractivity contribution < 1.29 is 28.8 Å². The van der Waals surface area contributed by atoms with Crippen molar-refractivity contribution >= 4 is 73.4 Å². The first-order chi connectivity index (χ1) is 22.0. The summed E-state index contributed by atoms with van der Waals surface area (Å²) in [7, 11) is 0. The maximum absolute atomic E-state index is 13.5. The Morgan fingerprint density at radius 1 is 1.02 bits per heavy atom. The molecule has 1 aliphatic heterocycles. The van der Waals surface area contributed by atoms with E-state index in [2.05, 4.69) is 15.9 Å². The fourth-order valence-corrected chi connectivity index (χ4v) is 6.55. The molecule has 3 aromatic carbocycles. The van der Waals surface area contributed by atoms with E-state index >= 15 is 0 Å². The average Bonchev–Trinajstić information content (AvgIpc) is 3.31.